The molecule has 1 saturated carbocycles. The first-order chi connectivity index (χ1) is 7.90. The molecule has 2 rings (SSSR count). The molecule has 2 unspecified atom stereocenters. The van der Waals surface area contributed by atoms with Crippen LogP contribution in [-0.2, 0) is 4.74 Å². The number of ether oxygens (including phenoxy) is 1. The molecule has 0 aromatic heterocycles. The van der Waals surface area contributed by atoms with Crippen molar-refractivity contribution in [3.63, 3.8) is 0 Å². The van der Waals surface area contributed by atoms with Gasteiger partial charge in [-0.1, -0.05) is 13.3 Å². The fraction of sp³-hybridized carbons (Fsp3) is 1.00. The number of rotatable bonds is 7. The van der Waals surface area contributed by atoms with Crippen LogP contribution >= 0.6 is 0 Å². The van der Waals surface area contributed by atoms with E-state index >= 15 is 0 Å². The molecule has 0 aromatic rings. The van der Waals surface area contributed by atoms with Gasteiger partial charge in [-0.05, 0) is 57.4 Å². The van der Waals surface area contributed by atoms with E-state index in [4.69, 9.17) is 4.74 Å². The van der Waals surface area contributed by atoms with Crippen LogP contribution in [0.1, 0.15) is 58.3 Å². The third-order valence-corrected chi connectivity index (χ3v) is 3.94. The molecule has 0 spiro atoms. The van der Waals surface area contributed by atoms with E-state index < -0.39 is 0 Å². The van der Waals surface area contributed by atoms with Crippen molar-refractivity contribution in [2.45, 2.75) is 70.4 Å². The van der Waals surface area contributed by atoms with Crippen molar-refractivity contribution < 1.29 is 4.74 Å². The standard InChI is InChI=1S/C14H27NO/c1-2-5-14(12-7-8-12)15-10-9-13-6-3-4-11-16-13/h12-15H,2-11H2,1H3. The van der Waals surface area contributed by atoms with Gasteiger partial charge in [-0.25, -0.2) is 0 Å². The second-order valence-electron chi connectivity index (χ2n) is 5.46. The first-order valence-corrected chi connectivity index (χ1v) is 7.25. The summed E-state index contributed by atoms with van der Waals surface area (Å²) < 4.78 is 5.76. The Kier molecular flexibility index (Phi) is 5.11. The fourth-order valence-electron chi connectivity index (χ4n) is 2.78. The van der Waals surface area contributed by atoms with E-state index in [0.29, 0.717) is 6.10 Å². The summed E-state index contributed by atoms with van der Waals surface area (Å²) >= 11 is 0. The molecule has 1 saturated heterocycles. The molecule has 1 aliphatic carbocycles. The molecule has 2 atom stereocenters. The maximum Gasteiger partial charge on any atom is 0.0587 e. The van der Waals surface area contributed by atoms with Crippen LogP contribution in [0.2, 0.25) is 0 Å². The smallest absolute Gasteiger partial charge is 0.0587 e. The molecule has 1 aliphatic heterocycles. The largest absolute Gasteiger partial charge is 0.378 e. The SMILES string of the molecule is CCCC(NCCC1CCCCO1)C1CC1. The fourth-order valence-corrected chi connectivity index (χ4v) is 2.78. The van der Waals surface area contributed by atoms with Crippen molar-refractivity contribution in [2.24, 2.45) is 5.92 Å². The number of hydrogen-bond donors (Lipinski definition) is 1. The van der Waals surface area contributed by atoms with Crippen LogP contribution in [0.5, 0.6) is 0 Å². The third kappa shape index (κ3) is 4.06. The first kappa shape index (κ1) is 12.4. The van der Waals surface area contributed by atoms with Crippen molar-refractivity contribution >= 4 is 0 Å². The Morgan fingerprint density at radius 3 is 2.75 bits per heavy atom. The lowest BCUT2D eigenvalue weighted by molar-refractivity contribution is 0.0110. The highest BCUT2D eigenvalue weighted by atomic mass is 16.5. The molecule has 2 fully saturated rings. The van der Waals surface area contributed by atoms with Gasteiger partial charge in [-0.2, -0.15) is 0 Å². The van der Waals surface area contributed by atoms with Gasteiger partial charge in [0.25, 0.3) is 0 Å². The highest BCUT2D eigenvalue weighted by Crippen LogP contribution is 2.34. The summed E-state index contributed by atoms with van der Waals surface area (Å²) in [5.41, 5.74) is 0. The van der Waals surface area contributed by atoms with Crippen LogP contribution in [0, 0.1) is 5.92 Å². The lowest BCUT2D eigenvalue weighted by Gasteiger charge is -2.24. The highest BCUT2D eigenvalue weighted by Gasteiger charge is 2.30. The molecule has 2 aliphatic rings. The Morgan fingerprint density at radius 1 is 1.25 bits per heavy atom. The molecule has 0 radical (unpaired) electrons. The molecule has 0 amide bonds. The van der Waals surface area contributed by atoms with E-state index in [1.807, 2.05) is 0 Å². The summed E-state index contributed by atoms with van der Waals surface area (Å²) in [5, 5.41) is 3.75. The minimum Gasteiger partial charge on any atom is -0.378 e. The van der Waals surface area contributed by atoms with Crippen LogP contribution in [0.4, 0.5) is 0 Å². The van der Waals surface area contributed by atoms with Gasteiger partial charge in [0.1, 0.15) is 0 Å². The monoisotopic (exact) mass is 225 g/mol. The van der Waals surface area contributed by atoms with Gasteiger partial charge in [-0.3, -0.25) is 0 Å². The minimum absolute atomic E-state index is 0.544. The van der Waals surface area contributed by atoms with Crippen molar-refractivity contribution in [2.75, 3.05) is 13.2 Å². The summed E-state index contributed by atoms with van der Waals surface area (Å²) in [5.74, 6) is 0.993. The Hall–Kier alpha value is -0.0800. The highest BCUT2D eigenvalue weighted by molar-refractivity contribution is 4.86. The van der Waals surface area contributed by atoms with Gasteiger partial charge >= 0.3 is 0 Å². The molecule has 1 heterocycles. The summed E-state index contributed by atoms with van der Waals surface area (Å²) in [6.45, 7) is 4.44. The number of hydrogen-bond acceptors (Lipinski definition) is 2. The lowest BCUT2D eigenvalue weighted by Crippen LogP contribution is -2.34. The molecule has 0 aromatic carbocycles. The van der Waals surface area contributed by atoms with Crippen LogP contribution in [0.15, 0.2) is 0 Å². The third-order valence-electron chi connectivity index (χ3n) is 3.94. The first-order valence-electron chi connectivity index (χ1n) is 7.25. The minimum atomic E-state index is 0.544. The van der Waals surface area contributed by atoms with E-state index in [1.165, 1.54) is 51.4 Å². The quantitative estimate of drug-likeness (QED) is 0.719. The summed E-state index contributed by atoms with van der Waals surface area (Å²) in [4.78, 5) is 0. The van der Waals surface area contributed by atoms with E-state index in [2.05, 4.69) is 12.2 Å². The molecule has 16 heavy (non-hydrogen) atoms. The Morgan fingerprint density at radius 2 is 2.12 bits per heavy atom. The summed E-state index contributed by atoms with van der Waals surface area (Å²) in [7, 11) is 0. The average Bonchev–Trinajstić information content (AvgIpc) is 3.13. The molecular formula is C14H27NO. The van der Waals surface area contributed by atoms with E-state index in [9.17, 15) is 0 Å². The zero-order chi connectivity index (χ0) is 11.2. The second-order valence-corrected chi connectivity index (χ2v) is 5.46. The maximum absolute atomic E-state index is 5.76. The molecule has 94 valence electrons. The van der Waals surface area contributed by atoms with E-state index in [0.717, 1.165) is 25.1 Å². The van der Waals surface area contributed by atoms with Crippen LogP contribution in [0.3, 0.4) is 0 Å². The molecule has 2 nitrogen and oxygen atoms in total. The summed E-state index contributed by atoms with van der Waals surface area (Å²) in [6.07, 6.45) is 11.3. The molecule has 1 N–H and O–H groups in total. The van der Waals surface area contributed by atoms with E-state index in [1.54, 1.807) is 0 Å². The normalized spacial score (nSPS) is 27.9. The van der Waals surface area contributed by atoms with Gasteiger partial charge in [0, 0.05) is 12.6 Å². The van der Waals surface area contributed by atoms with Crippen molar-refractivity contribution in [1.82, 2.24) is 5.32 Å². The number of nitrogens with one attached hydrogen (secondary N) is 1. The molecular weight excluding hydrogens is 198 g/mol. The maximum atomic E-state index is 5.76. The zero-order valence-electron chi connectivity index (χ0n) is 10.7. The van der Waals surface area contributed by atoms with Crippen molar-refractivity contribution in [1.29, 1.82) is 0 Å². The van der Waals surface area contributed by atoms with Gasteiger partial charge in [-0.15, -0.1) is 0 Å². The molecule has 2 heteroatoms. The van der Waals surface area contributed by atoms with Gasteiger partial charge in [0.15, 0.2) is 0 Å². The predicted molar refractivity (Wildman–Crippen MR) is 67.6 cm³/mol. The zero-order valence-corrected chi connectivity index (χ0v) is 10.7. The molecule has 0 bridgehead atoms. The predicted octanol–water partition coefficient (Wildman–Crippen LogP) is 3.11. The van der Waals surface area contributed by atoms with Crippen LogP contribution < -0.4 is 5.32 Å². The van der Waals surface area contributed by atoms with Crippen LogP contribution in [-0.4, -0.2) is 25.3 Å². The van der Waals surface area contributed by atoms with Crippen LogP contribution in [0.25, 0.3) is 0 Å². The Bertz CT molecular complexity index is 185. The van der Waals surface area contributed by atoms with Gasteiger partial charge in [0.2, 0.25) is 0 Å². The van der Waals surface area contributed by atoms with Gasteiger partial charge in [0.05, 0.1) is 6.10 Å². The second kappa shape index (κ2) is 6.61. The topological polar surface area (TPSA) is 21.3 Å². The summed E-state index contributed by atoms with van der Waals surface area (Å²) in [6, 6.07) is 0.800. The van der Waals surface area contributed by atoms with Crippen molar-refractivity contribution in [3.8, 4) is 0 Å². The lowest BCUT2D eigenvalue weighted by atomic mass is 10.0. The average molecular weight is 225 g/mol. The van der Waals surface area contributed by atoms with Gasteiger partial charge < -0.3 is 10.1 Å². The van der Waals surface area contributed by atoms with E-state index in [-0.39, 0.29) is 0 Å². The van der Waals surface area contributed by atoms with Crippen molar-refractivity contribution in [3.05, 3.63) is 0 Å². The Labute approximate surface area is 100 Å². The Balaban J connectivity index is 1.57.